The van der Waals surface area contributed by atoms with Crippen LogP contribution in [0.5, 0.6) is 0 Å². The summed E-state index contributed by atoms with van der Waals surface area (Å²) >= 11 is 4.06. The van der Waals surface area contributed by atoms with Crippen molar-refractivity contribution >= 4 is 24.4 Å². The summed E-state index contributed by atoms with van der Waals surface area (Å²) in [6, 6.07) is -0.0165. The molecule has 0 aromatic heterocycles. The Balaban J connectivity index is 2.80. The average Bonchev–Trinajstić information content (AvgIpc) is 2.26. The van der Waals surface area contributed by atoms with Crippen molar-refractivity contribution in [2.24, 2.45) is 5.92 Å². The summed E-state index contributed by atoms with van der Waals surface area (Å²) in [7, 11) is 0. The van der Waals surface area contributed by atoms with Gasteiger partial charge in [0.1, 0.15) is 0 Å². The monoisotopic (exact) mass is 201 g/mol. The fraction of sp³-hybridized carbons (Fsp3) is 0.778. The Hall–Kier alpha value is -0.510. The SMILES string of the molecule is CC(C)[C@H](C)N1C(=O)CC(S)C1=O. The number of hydrogen-bond acceptors (Lipinski definition) is 3. The van der Waals surface area contributed by atoms with Crippen molar-refractivity contribution in [3.8, 4) is 0 Å². The Morgan fingerprint density at radius 2 is 1.92 bits per heavy atom. The van der Waals surface area contributed by atoms with Crippen LogP contribution < -0.4 is 0 Å². The van der Waals surface area contributed by atoms with Gasteiger partial charge in [0.25, 0.3) is 0 Å². The number of imide groups is 1. The summed E-state index contributed by atoms with van der Waals surface area (Å²) in [5, 5.41) is -0.423. The van der Waals surface area contributed by atoms with Crippen molar-refractivity contribution in [1.29, 1.82) is 0 Å². The van der Waals surface area contributed by atoms with Gasteiger partial charge in [0, 0.05) is 12.5 Å². The zero-order chi connectivity index (χ0) is 10.2. The molecule has 0 spiro atoms. The number of carbonyl (C=O) groups excluding carboxylic acids is 2. The molecule has 2 atom stereocenters. The fourth-order valence-electron chi connectivity index (χ4n) is 1.36. The molecule has 1 heterocycles. The van der Waals surface area contributed by atoms with E-state index < -0.39 is 5.25 Å². The number of amides is 2. The number of likely N-dealkylation sites (tertiary alicyclic amines) is 1. The van der Waals surface area contributed by atoms with E-state index in [4.69, 9.17) is 0 Å². The molecule has 1 aliphatic heterocycles. The third-order valence-electron chi connectivity index (χ3n) is 2.53. The van der Waals surface area contributed by atoms with Gasteiger partial charge in [-0.25, -0.2) is 0 Å². The quantitative estimate of drug-likeness (QED) is 0.536. The fourth-order valence-corrected chi connectivity index (χ4v) is 1.64. The van der Waals surface area contributed by atoms with Gasteiger partial charge in [0.2, 0.25) is 11.8 Å². The molecule has 1 fully saturated rings. The largest absolute Gasteiger partial charge is 0.279 e. The Morgan fingerprint density at radius 3 is 2.23 bits per heavy atom. The van der Waals surface area contributed by atoms with Crippen LogP contribution in [0.4, 0.5) is 0 Å². The summed E-state index contributed by atoms with van der Waals surface area (Å²) in [5.41, 5.74) is 0. The second kappa shape index (κ2) is 3.70. The first-order valence-corrected chi connectivity index (χ1v) is 5.00. The minimum atomic E-state index is -0.423. The van der Waals surface area contributed by atoms with E-state index in [-0.39, 0.29) is 24.3 Å². The molecule has 0 saturated carbocycles. The van der Waals surface area contributed by atoms with E-state index in [0.717, 1.165) is 0 Å². The lowest BCUT2D eigenvalue weighted by Gasteiger charge is -2.25. The van der Waals surface area contributed by atoms with Crippen LogP contribution in [-0.2, 0) is 9.59 Å². The van der Waals surface area contributed by atoms with Crippen LogP contribution in [0.1, 0.15) is 27.2 Å². The van der Waals surface area contributed by atoms with Gasteiger partial charge in [-0.3, -0.25) is 14.5 Å². The minimum Gasteiger partial charge on any atom is -0.279 e. The number of nitrogens with zero attached hydrogens (tertiary/aromatic N) is 1. The predicted molar refractivity (Wildman–Crippen MR) is 53.5 cm³/mol. The van der Waals surface area contributed by atoms with Crippen LogP contribution in [0.25, 0.3) is 0 Å². The smallest absolute Gasteiger partial charge is 0.242 e. The van der Waals surface area contributed by atoms with Crippen LogP contribution in [0.15, 0.2) is 0 Å². The number of thiol groups is 1. The van der Waals surface area contributed by atoms with Crippen LogP contribution in [0, 0.1) is 5.92 Å². The number of carbonyl (C=O) groups is 2. The first-order chi connectivity index (χ1) is 5.95. The van der Waals surface area contributed by atoms with Crippen molar-refractivity contribution in [3.63, 3.8) is 0 Å². The predicted octanol–water partition coefficient (Wildman–Crippen LogP) is 1.09. The van der Waals surface area contributed by atoms with Gasteiger partial charge in [-0.05, 0) is 12.8 Å². The van der Waals surface area contributed by atoms with Gasteiger partial charge < -0.3 is 0 Å². The van der Waals surface area contributed by atoms with E-state index in [0.29, 0.717) is 5.92 Å². The molecule has 13 heavy (non-hydrogen) atoms. The molecule has 74 valence electrons. The highest BCUT2D eigenvalue weighted by Crippen LogP contribution is 2.23. The van der Waals surface area contributed by atoms with Gasteiger partial charge in [-0.15, -0.1) is 0 Å². The lowest BCUT2D eigenvalue weighted by Crippen LogP contribution is -2.41. The lowest BCUT2D eigenvalue weighted by atomic mass is 10.1. The maximum atomic E-state index is 11.5. The van der Waals surface area contributed by atoms with Gasteiger partial charge in [-0.1, -0.05) is 13.8 Å². The summed E-state index contributed by atoms with van der Waals surface area (Å²) in [5.74, 6) is 0.0623. The maximum absolute atomic E-state index is 11.5. The minimum absolute atomic E-state index is 0.0165. The molecule has 0 bridgehead atoms. The Labute approximate surface area is 83.9 Å². The molecule has 1 saturated heterocycles. The van der Waals surface area contributed by atoms with Crippen molar-refractivity contribution in [2.45, 2.75) is 38.5 Å². The number of hydrogen-bond donors (Lipinski definition) is 1. The maximum Gasteiger partial charge on any atom is 0.242 e. The third-order valence-corrected chi connectivity index (χ3v) is 2.93. The van der Waals surface area contributed by atoms with Crippen LogP contribution in [-0.4, -0.2) is 28.0 Å². The van der Waals surface area contributed by atoms with Gasteiger partial charge in [0.15, 0.2) is 0 Å². The standard InChI is InChI=1S/C9H15NO2S/c1-5(2)6(3)10-8(11)4-7(13)9(10)12/h5-7,13H,4H2,1-3H3/t6-,7?/m0/s1. The molecule has 3 nitrogen and oxygen atoms in total. The topological polar surface area (TPSA) is 37.4 Å². The van der Waals surface area contributed by atoms with Crippen molar-refractivity contribution in [1.82, 2.24) is 4.90 Å². The summed E-state index contributed by atoms with van der Waals surface area (Å²) in [4.78, 5) is 24.2. The zero-order valence-electron chi connectivity index (χ0n) is 8.15. The van der Waals surface area contributed by atoms with Crippen molar-refractivity contribution in [3.05, 3.63) is 0 Å². The second-order valence-electron chi connectivity index (χ2n) is 3.81. The average molecular weight is 201 g/mol. The highest BCUT2D eigenvalue weighted by molar-refractivity contribution is 7.81. The van der Waals surface area contributed by atoms with E-state index in [9.17, 15) is 9.59 Å². The number of rotatable bonds is 2. The normalized spacial score (nSPS) is 25.9. The molecule has 0 radical (unpaired) electrons. The molecular weight excluding hydrogens is 186 g/mol. The van der Waals surface area contributed by atoms with Crippen LogP contribution in [0.2, 0.25) is 0 Å². The molecule has 0 aromatic rings. The first kappa shape index (κ1) is 10.6. The second-order valence-corrected chi connectivity index (χ2v) is 4.43. The van der Waals surface area contributed by atoms with Gasteiger partial charge in [0.05, 0.1) is 5.25 Å². The molecule has 1 rings (SSSR count). The summed E-state index contributed by atoms with van der Waals surface area (Å²) in [6.45, 7) is 5.89. The van der Waals surface area contributed by atoms with E-state index in [1.54, 1.807) is 0 Å². The van der Waals surface area contributed by atoms with Crippen LogP contribution in [0.3, 0.4) is 0 Å². The molecule has 0 aromatic carbocycles. The molecular formula is C9H15NO2S. The highest BCUT2D eigenvalue weighted by atomic mass is 32.1. The molecule has 1 aliphatic rings. The summed E-state index contributed by atoms with van der Waals surface area (Å²) < 4.78 is 0. The van der Waals surface area contributed by atoms with E-state index in [1.807, 2.05) is 20.8 Å². The van der Waals surface area contributed by atoms with Gasteiger partial charge >= 0.3 is 0 Å². The Bertz CT molecular complexity index is 240. The lowest BCUT2D eigenvalue weighted by molar-refractivity contribution is -0.141. The van der Waals surface area contributed by atoms with E-state index >= 15 is 0 Å². The van der Waals surface area contributed by atoms with E-state index in [2.05, 4.69) is 12.6 Å². The van der Waals surface area contributed by atoms with Crippen molar-refractivity contribution < 1.29 is 9.59 Å². The van der Waals surface area contributed by atoms with E-state index in [1.165, 1.54) is 4.90 Å². The summed E-state index contributed by atoms with van der Waals surface area (Å²) in [6.07, 6.45) is 0.249. The molecule has 0 N–H and O–H groups in total. The Morgan fingerprint density at radius 1 is 1.38 bits per heavy atom. The Kier molecular flexibility index (Phi) is 3.01. The first-order valence-electron chi connectivity index (χ1n) is 4.49. The van der Waals surface area contributed by atoms with Crippen LogP contribution >= 0.6 is 12.6 Å². The van der Waals surface area contributed by atoms with Gasteiger partial charge in [-0.2, -0.15) is 12.6 Å². The third kappa shape index (κ3) is 1.88. The van der Waals surface area contributed by atoms with Crippen molar-refractivity contribution in [2.75, 3.05) is 0 Å². The molecule has 0 aliphatic carbocycles. The zero-order valence-corrected chi connectivity index (χ0v) is 9.04. The molecule has 4 heteroatoms. The molecule has 2 amide bonds. The molecule has 1 unspecified atom stereocenters. The highest BCUT2D eigenvalue weighted by Gasteiger charge is 2.39.